The largest absolute Gasteiger partial charge is 0.359 e. The maximum absolute atomic E-state index is 12.5. The molecule has 3 nitrogen and oxygen atoms in total. The molecule has 2 aromatic rings. The van der Waals surface area contributed by atoms with Crippen LogP contribution in [0.15, 0.2) is 24.4 Å². The van der Waals surface area contributed by atoms with Gasteiger partial charge in [0.1, 0.15) is 0 Å². The summed E-state index contributed by atoms with van der Waals surface area (Å²) in [7, 11) is 0. The first-order chi connectivity index (χ1) is 8.77. The van der Waals surface area contributed by atoms with Crippen LogP contribution in [0.1, 0.15) is 23.2 Å². The van der Waals surface area contributed by atoms with E-state index in [-0.39, 0.29) is 11.7 Å². The third kappa shape index (κ3) is 1.93. The molecule has 1 saturated heterocycles. The molecular formula is C14H15ClN2O. The highest BCUT2D eigenvalue weighted by molar-refractivity contribution is 6.35. The van der Waals surface area contributed by atoms with E-state index in [1.54, 1.807) is 6.20 Å². The number of halogens is 1. The Morgan fingerprint density at radius 1 is 1.28 bits per heavy atom. The number of nitrogens with one attached hydrogen (secondary N) is 2. The Morgan fingerprint density at radius 3 is 2.83 bits per heavy atom. The number of para-hydroxylation sites is 1. The minimum absolute atomic E-state index is 0.143. The van der Waals surface area contributed by atoms with Gasteiger partial charge in [0.25, 0.3) is 0 Å². The summed E-state index contributed by atoms with van der Waals surface area (Å²) in [5.41, 5.74) is 1.64. The van der Waals surface area contributed by atoms with Gasteiger partial charge in [0.2, 0.25) is 0 Å². The van der Waals surface area contributed by atoms with E-state index in [2.05, 4.69) is 10.3 Å². The van der Waals surface area contributed by atoms with Gasteiger partial charge < -0.3 is 10.3 Å². The second-order valence-electron chi connectivity index (χ2n) is 4.75. The van der Waals surface area contributed by atoms with Gasteiger partial charge in [-0.25, -0.2) is 0 Å². The second kappa shape index (κ2) is 4.75. The quantitative estimate of drug-likeness (QED) is 0.818. The van der Waals surface area contributed by atoms with Crippen molar-refractivity contribution < 1.29 is 4.79 Å². The Balaban J connectivity index is 1.98. The zero-order valence-electron chi connectivity index (χ0n) is 10.0. The van der Waals surface area contributed by atoms with Crippen molar-refractivity contribution in [3.05, 3.63) is 35.0 Å². The number of aromatic amines is 1. The van der Waals surface area contributed by atoms with Gasteiger partial charge in [-0.2, -0.15) is 0 Å². The number of carbonyl (C=O) groups excluding carboxylic acids is 1. The summed E-state index contributed by atoms with van der Waals surface area (Å²) in [6, 6.07) is 5.67. The summed E-state index contributed by atoms with van der Waals surface area (Å²) in [5, 5.41) is 4.88. The number of Topliss-reactive ketones (excluding diaryl/α,β-unsaturated/α-hetero) is 1. The molecule has 0 radical (unpaired) electrons. The van der Waals surface area contributed by atoms with Gasteiger partial charge in [-0.3, -0.25) is 4.79 Å². The van der Waals surface area contributed by atoms with Crippen LogP contribution in [0.3, 0.4) is 0 Å². The van der Waals surface area contributed by atoms with Crippen LogP contribution in [-0.2, 0) is 0 Å². The molecule has 1 aliphatic heterocycles. The molecule has 3 rings (SSSR count). The lowest BCUT2D eigenvalue weighted by atomic mass is 9.89. The van der Waals surface area contributed by atoms with E-state index in [9.17, 15) is 4.79 Å². The van der Waals surface area contributed by atoms with Crippen molar-refractivity contribution in [3.63, 3.8) is 0 Å². The SMILES string of the molecule is O=C(c1c[nH]c2c(Cl)cccc12)C1CCNCC1. The summed E-state index contributed by atoms with van der Waals surface area (Å²) in [6.45, 7) is 1.86. The predicted octanol–water partition coefficient (Wildman–Crippen LogP) is 3.00. The van der Waals surface area contributed by atoms with Gasteiger partial charge in [-0.05, 0) is 32.0 Å². The average Bonchev–Trinajstić information content (AvgIpc) is 2.84. The standard InChI is InChI=1S/C14H15ClN2O/c15-12-3-1-2-10-11(8-17-13(10)12)14(18)9-4-6-16-7-5-9/h1-3,8-9,16-17H,4-7H2. The van der Waals surface area contributed by atoms with Crippen molar-refractivity contribution in [2.45, 2.75) is 12.8 Å². The molecule has 1 aromatic carbocycles. The number of hydrogen-bond acceptors (Lipinski definition) is 2. The molecule has 94 valence electrons. The zero-order chi connectivity index (χ0) is 12.5. The second-order valence-corrected chi connectivity index (χ2v) is 5.16. The van der Waals surface area contributed by atoms with Crippen molar-refractivity contribution >= 4 is 28.3 Å². The van der Waals surface area contributed by atoms with Crippen LogP contribution in [0.5, 0.6) is 0 Å². The molecule has 1 fully saturated rings. The van der Waals surface area contributed by atoms with Gasteiger partial charge in [0.05, 0.1) is 10.5 Å². The number of aromatic nitrogens is 1. The first-order valence-corrected chi connectivity index (χ1v) is 6.65. The third-order valence-corrected chi connectivity index (χ3v) is 3.95. The Labute approximate surface area is 111 Å². The van der Waals surface area contributed by atoms with Crippen molar-refractivity contribution in [3.8, 4) is 0 Å². The zero-order valence-corrected chi connectivity index (χ0v) is 10.8. The van der Waals surface area contributed by atoms with E-state index in [4.69, 9.17) is 11.6 Å². The van der Waals surface area contributed by atoms with E-state index in [1.807, 2.05) is 18.2 Å². The Morgan fingerprint density at radius 2 is 2.06 bits per heavy atom. The molecular weight excluding hydrogens is 248 g/mol. The number of hydrogen-bond donors (Lipinski definition) is 2. The molecule has 0 amide bonds. The minimum atomic E-state index is 0.143. The lowest BCUT2D eigenvalue weighted by Crippen LogP contribution is -2.31. The van der Waals surface area contributed by atoms with Gasteiger partial charge in [-0.15, -0.1) is 0 Å². The molecule has 0 spiro atoms. The number of ketones is 1. The molecule has 0 bridgehead atoms. The van der Waals surface area contributed by atoms with Crippen LogP contribution in [0.25, 0.3) is 10.9 Å². The summed E-state index contributed by atoms with van der Waals surface area (Å²) < 4.78 is 0. The molecule has 0 saturated carbocycles. The van der Waals surface area contributed by atoms with E-state index < -0.39 is 0 Å². The Hall–Kier alpha value is -1.32. The maximum atomic E-state index is 12.5. The Kier molecular flexibility index (Phi) is 3.10. The van der Waals surface area contributed by atoms with E-state index >= 15 is 0 Å². The topological polar surface area (TPSA) is 44.9 Å². The van der Waals surface area contributed by atoms with Gasteiger partial charge in [-0.1, -0.05) is 23.7 Å². The van der Waals surface area contributed by atoms with E-state index in [0.717, 1.165) is 42.4 Å². The number of carbonyl (C=O) groups is 1. The minimum Gasteiger partial charge on any atom is -0.359 e. The highest BCUT2D eigenvalue weighted by Gasteiger charge is 2.24. The number of piperidine rings is 1. The third-order valence-electron chi connectivity index (χ3n) is 3.64. The molecule has 1 aliphatic rings. The van der Waals surface area contributed by atoms with E-state index in [0.29, 0.717) is 5.02 Å². The normalized spacial score (nSPS) is 17.2. The summed E-state index contributed by atoms with van der Waals surface area (Å²) in [6.07, 6.45) is 3.64. The molecule has 0 unspecified atom stereocenters. The fourth-order valence-electron chi connectivity index (χ4n) is 2.63. The van der Waals surface area contributed by atoms with Crippen LogP contribution in [-0.4, -0.2) is 23.9 Å². The van der Waals surface area contributed by atoms with Gasteiger partial charge in [0.15, 0.2) is 5.78 Å². The van der Waals surface area contributed by atoms with Crippen LogP contribution >= 0.6 is 11.6 Å². The lowest BCUT2D eigenvalue weighted by molar-refractivity contribution is 0.0897. The van der Waals surface area contributed by atoms with Crippen LogP contribution in [0.2, 0.25) is 5.02 Å². The monoisotopic (exact) mass is 262 g/mol. The smallest absolute Gasteiger partial charge is 0.168 e. The fourth-order valence-corrected chi connectivity index (χ4v) is 2.85. The fraction of sp³-hybridized carbons (Fsp3) is 0.357. The molecule has 1 aromatic heterocycles. The number of rotatable bonds is 2. The number of H-pyrrole nitrogens is 1. The highest BCUT2D eigenvalue weighted by atomic mass is 35.5. The van der Waals surface area contributed by atoms with Crippen LogP contribution in [0, 0.1) is 5.92 Å². The van der Waals surface area contributed by atoms with Gasteiger partial charge in [0, 0.05) is 23.1 Å². The van der Waals surface area contributed by atoms with Crippen molar-refractivity contribution in [2.75, 3.05) is 13.1 Å². The molecule has 0 atom stereocenters. The van der Waals surface area contributed by atoms with Gasteiger partial charge >= 0.3 is 0 Å². The summed E-state index contributed by atoms with van der Waals surface area (Å²) >= 11 is 6.11. The number of fused-ring (bicyclic) bond motifs is 1. The lowest BCUT2D eigenvalue weighted by Gasteiger charge is -2.21. The maximum Gasteiger partial charge on any atom is 0.168 e. The molecule has 4 heteroatoms. The summed E-state index contributed by atoms with van der Waals surface area (Å²) in [5.74, 6) is 0.384. The molecule has 2 N–H and O–H groups in total. The van der Waals surface area contributed by atoms with Crippen LogP contribution in [0.4, 0.5) is 0 Å². The first-order valence-electron chi connectivity index (χ1n) is 6.28. The summed E-state index contributed by atoms with van der Waals surface area (Å²) in [4.78, 5) is 15.6. The molecule has 0 aliphatic carbocycles. The number of benzene rings is 1. The first kappa shape index (κ1) is 11.8. The highest BCUT2D eigenvalue weighted by Crippen LogP contribution is 2.28. The molecule has 2 heterocycles. The average molecular weight is 263 g/mol. The molecule has 18 heavy (non-hydrogen) atoms. The van der Waals surface area contributed by atoms with Crippen LogP contribution < -0.4 is 5.32 Å². The Bertz CT molecular complexity index is 584. The van der Waals surface area contributed by atoms with Crippen molar-refractivity contribution in [2.24, 2.45) is 5.92 Å². The van der Waals surface area contributed by atoms with E-state index in [1.165, 1.54) is 0 Å². The van der Waals surface area contributed by atoms with Crippen molar-refractivity contribution in [1.29, 1.82) is 0 Å². The van der Waals surface area contributed by atoms with Crippen molar-refractivity contribution in [1.82, 2.24) is 10.3 Å². The predicted molar refractivity (Wildman–Crippen MR) is 73.2 cm³/mol.